The normalized spacial score (nSPS) is 13.3. The molecule has 0 saturated heterocycles. The van der Waals surface area contributed by atoms with E-state index in [0.717, 1.165) is 5.56 Å². The molecule has 0 saturated carbocycles. The van der Waals surface area contributed by atoms with Crippen LogP contribution in [0.4, 0.5) is 5.69 Å². The molecule has 2 N–H and O–H groups in total. The molecule has 2 rings (SSSR count). The van der Waals surface area contributed by atoms with Crippen LogP contribution in [-0.4, -0.2) is 19.8 Å². The Bertz CT molecular complexity index is 733. The lowest BCUT2D eigenvalue weighted by Gasteiger charge is -2.25. The molecule has 0 aliphatic rings. The minimum Gasteiger partial charge on any atom is -0.398 e. The second-order valence-electron chi connectivity index (χ2n) is 4.79. The molecule has 0 aliphatic heterocycles. The Balaban J connectivity index is 2.36. The minimum absolute atomic E-state index is 0.217. The fourth-order valence-corrected chi connectivity index (χ4v) is 3.89. The predicted octanol–water partition coefficient (Wildman–Crippen LogP) is 3.41. The summed E-state index contributed by atoms with van der Waals surface area (Å²) in [4.78, 5) is 0.217. The van der Waals surface area contributed by atoms with Crippen LogP contribution < -0.4 is 5.73 Å². The lowest BCUT2D eigenvalue weighted by molar-refractivity contribution is 0.398. The summed E-state index contributed by atoms with van der Waals surface area (Å²) in [6.45, 7) is 1.86. The first-order valence-corrected chi connectivity index (χ1v) is 8.65. The number of nitrogens with two attached hydrogens (primary N) is 1. The Morgan fingerprint density at radius 2 is 1.76 bits per heavy atom. The van der Waals surface area contributed by atoms with Crippen molar-refractivity contribution in [1.82, 2.24) is 4.31 Å². The highest BCUT2D eigenvalue weighted by atomic mass is 79.9. The summed E-state index contributed by atoms with van der Waals surface area (Å²) in [5.74, 6) is 0. The Labute approximate surface area is 133 Å². The minimum atomic E-state index is -3.58. The zero-order chi connectivity index (χ0) is 15.6. The van der Waals surface area contributed by atoms with Crippen LogP contribution in [0.3, 0.4) is 0 Å². The highest BCUT2D eigenvalue weighted by Gasteiger charge is 2.26. The standard InChI is InChI=1S/C15H17BrN2O2S/c1-11(12-6-4-3-5-7-12)18(2)21(19,20)13-8-9-15(17)14(16)10-13/h3-11H,17H2,1-2H3. The highest BCUT2D eigenvalue weighted by molar-refractivity contribution is 9.10. The number of hydrogen-bond acceptors (Lipinski definition) is 3. The van der Waals surface area contributed by atoms with E-state index in [9.17, 15) is 8.42 Å². The number of hydrogen-bond donors (Lipinski definition) is 1. The Kier molecular flexibility index (Phi) is 4.70. The molecular formula is C15H17BrN2O2S. The quantitative estimate of drug-likeness (QED) is 0.840. The smallest absolute Gasteiger partial charge is 0.243 e. The van der Waals surface area contributed by atoms with Gasteiger partial charge in [0.25, 0.3) is 0 Å². The zero-order valence-corrected chi connectivity index (χ0v) is 14.2. The molecule has 6 heteroatoms. The summed E-state index contributed by atoms with van der Waals surface area (Å²) in [6, 6.07) is 13.9. The molecule has 21 heavy (non-hydrogen) atoms. The topological polar surface area (TPSA) is 63.4 Å². The highest BCUT2D eigenvalue weighted by Crippen LogP contribution is 2.29. The molecule has 0 spiro atoms. The molecule has 1 atom stereocenters. The van der Waals surface area contributed by atoms with Gasteiger partial charge in [0.05, 0.1) is 4.90 Å². The van der Waals surface area contributed by atoms with E-state index in [0.29, 0.717) is 10.2 Å². The van der Waals surface area contributed by atoms with E-state index < -0.39 is 10.0 Å². The molecule has 0 amide bonds. The molecule has 0 bridgehead atoms. The van der Waals surface area contributed by atoms with E-state index in [2.05, 4.69) is 15.9 Å². The summed E-state index contributed by atoms with van der Waals surface area (Å²) < 4.78 is 27.3. The van der Waals surface area contributed by atoms with Crippen molar-refractivity contribution in [3.8, 4) is 0 Å². The van der Waals surface area contributed by atoms with Crippen LogP contribution in [0.5, 0.6) is 0 Å². The van der Waals surface area contributed by atoms with Gasteiger partial charge in [-0.05, 0) is 46.6 Å². The van der Waals surface area contributed by atoms with Crippen LogP contribution in [0.2, 0.25) is 0 Å². The summed E-state index contributed by atoms with van der Waals surface area (Å²) >= 11 is 3.26. The van der Waals surface area contributed by atoms with Crippen molar-refractivity contribution in [2.75, 3.05) is 12.8 Å². The van der Waals surface area contributed by atoms with E-state index in [4.69, 9.17) is 5.73 Å². The van der Waals surface area contributed by atoms with Crippen molar-refractivity contribution in [1.29, 1.82) is 0 Å². The van der Waals surface area contributed by atoms with Gasteiger partial charge in [0.2, 0.25) is 10.0 Å². The van der Waals surface area contributed by atoms with Gasteiger partial charge in [-0.3, -0.25) is 0 Å². The van der Waals surface area contributed by atoms with Gasteiger partial charge < -0.3 is 5.73 Å². The molecular weight excluding hydrogens is 352 g/mol. The monoisotopic (exact) mass is 368 g/mol. The summed E-state index contributed by atoms with van der Waals surface area (Å²) in [5.41, 5.74) is 7.15. The van der Waals surface area contributed by atoms with Crippen LogP contribution in [0, 0.1) is 0 Å². The molecule has 1 unspecified atom stereocenters. The van der Waals surface area contributed by atoms with Gasteiger partial charge in [-0.15, -0.1) is 0 Å². The lowest BCUT2D eigenvalue weighted by atomic mass is 10.1. The average Bonchev–Trinajstić information content (AvgIpc) is 2.49. The fourth-order valence-electron chi connectivity index (χ4n) is 1.98. The second kappa shape index (κ2) is 6.17. The van der Waals surface area contributed by atoms with Crippen LogP contribution >= 0.6 is 15.9 Å². The fraction of sp³-hybridized carbons (Fsp3) is 0.200. The summed E-state index contributed by atoms with van der Waals surface area (Å²) in [7, 11) is -2.00. The van der Waals surface area contributed by atoms with Crippen molar-refractivity contribution < 1.29 is 8.42 Å². The third-order valence-electron chi connectivity index (χ3n) is 3.48. The Morgan fingerprint density at radius 1 is 1.14 bits per heavy atom. The van der Waals surface area contributed by atoms with Crippen molar-refractivity contribution in [3.63, 3.8) is 0 Å². The molecule has 2 aromatic rings. The molecule has 0 aliphatic carbocycles. The number of anilines is 1. The third-order valence-corrected chi connectivity index (χ3v) is 6.09. The van der Waals surface area contributed by atoms with Gasteiger partial charge in [0.1, 0.15) is 0 Å². The number of rotatable bonds is 4. The average molecular weight is 369 g/mol. The number of halogens is 1. The second-order valence-corrected chi connectivity index (χ2v) is 7.64. The van der Waals surface area contributed by atoms with Crippen molar-refractivity contribution in [2.45, 2.75) is 17.9 Å². The number of benzene rings is 2. The van der Waals surface area contributed by atoms with Gasteiger partial charge >= 0.3 is 0 Å². The first-order chi connectivity index (χ1) is 9.84. The lowest BCUT2D eigenvalue weighted by Crippen LogP contribution is -2.29. The largest absolute Gasteiger partial charge is 0.398 e. The van der Waals surface area contributed by atoms with Crippen LogP contribution in [0.25, 0.3) is 0 Å². The van der Waals surface area contributed by atoms with Crippen LogP contribution in [-0.2, 0) is 10.0 Å². The van der Waals surface area contributed by atoms with Gasteiger partial charge in [-0.2, -0.15) is 4.31 Å². The van der Waals surface area contributed by atoms with E-state index in [1.807, 2.05) is 37.3 Å². The summed E-state index contributed by atoms with van der Waals surface area (Å²) in [5, 5.41) is 0. The first kappa shape index (κ1) is 16.0. The third kappa shape index (κ3) is 3.28. The van der Waals surface area contributed by atoms with E-state index in [1.165, 1.54) is 16.4 Å². The molecule has 2 aromatic carbocycles. The first-order valence-electron chi connectivity index (χ1n) is 6.42. The van der Waals surface area contributed by atoms with Gasteiger partial charge in [-0.25, -0.2) is 8.42 Å². The Morgan fingerprint density at radius 3 is 2.33 bits per heavy atom. The van der Waals surface area contributed by atoms with Gasteiger partial charge in [-0.1, -0.05) is 30.3 Å². The van der Waals surface area contributed by atoms with Crippen molar-refractivity contribution in [2.24, 2.45) is 0 Å². The van der Waals surface area contributed by atoms with Crippen molar-refractivity contribution in [3.05, 3.63) is 58.6 Å². The molecule has 4 nitrogen and oxygen atoms in total. The summed E-state index contributed by atoms with van der Waals surface area (Å²) in [6.07, 6.45) is 0. The molecule has 0 radical (unpaired) electrons. The maximum atomic E-state index is 12.7. The van der Waals surface area contributed by atoms with Gasteiger partial charge in [0, 0.05) is 23.2 Å². The van der Waals surface area contributed by atoms with Gasteiger partial charge in [0.15, 0.2) is 0 Å². The van der Waals surface area contributed by atoms with Crippen molar-refractivity contribution >= 4 is 31.6 Å². The molecule has 112 valence electrons. The SMILES string of the molecule is CC(c1ccccc1)N(C)S(=O)(=O)c1ccc(N)c(Br)c1. The van der Waals surface area contributed by atoms with E-state index >= 15 is 0 Å². The Hall–Kier alpha value is -1.37. The number of sulfonamides is 1. The van der Waals surface area contributed by atoms with E-state index in [-0.39, 0.29) is 10.9 Å². The molecule has 0 aromatic heterocycles. The maximum absolute atomic E-state index is 12.7. The zero-order valence-electron chi connectivity index (χ0n) is 11.8. The van der Waals surface area contributed by atoms with E-state index in [1.54, 1.807) is 13.1 Å². The van der Waals surface area contributed by atoms with Crippen LogP contribution in [0.1, 0.15) is 18.5 Å². The maximum Gasteiger partial charge on any atom is 0.243 e. The number of nitrogen functional groups attached to an aromatic ring is 1. The number of nitrogens with zero attached hydrogens (tertiary/aromatic N) is 1. The predicted molar refractivity (Wildman–Crippen MR) is 88.4 cm³/mol. The van der Waals surface area contributed by atoms with Crippen LogP contribution in [0.15, 0.2) is 57.9 Å². The molecule has 0 heterocycles. The molecule has 0 fully saturated rings.